The summed E-state index contributed by atoms with van der Waals surface area (Å²) in [6.07, 6.45) is -1.32. The van der Waals surface area contributed by atoms with Crippen LogP contribution < -0.4 is 10.1 Å². The number of hydrogen-bond acceptors (Lipinski definition) is 10. The van der Waals surface area contributed by atoms with Crippen molar-refractivity contribution in [1.82, 2.24) is 24.5 Å². The zero-order valence-corrected chi connectivity index (χ0v) is 21.8. The molecule has 1 fully saturated rings. The summed E-state index contributed by atoms with van der Waals surface area (Å²) >= 11 is 0. The highest BCUT2D eigenvalue weighted by atomic mass is 31.2. The first-order chi connectivity index (χ1) is 19.3. The van der Waals surface area contributed by atoms with Crippen LogP contribution in [0.2, 0.25) is 0 Å². The lowest BCUT2D eigenvalue weighted by atomic mass is 10.1. The lowest BCUT2D eigenvalue weighted by Gasteiger charge is -2.15. The van der Waals surface area contributed by atoms with Crippen LogP contribution in [0.15, 0.2) is 73.2 Å². The standard InChI is InChI=1S/C25H24FN6O7P/c1-37-17-7-9-27-16(11-17)12-38-40(35,36)10-8-18-21(33)19(26)25(39-18)32-14-30-20-22(28-13-29-23(20)32)31-24(34)15-5-3-2-4-6-15/h2-11,13-14,18-19,21,25,33H,12H2,1H3,(H,35,36)(H,28,29,31,34)/b10-8+/t18-,19-,21-,25-/m1/s1. The minimum Gasteiger partial charge on any atom is -0.497 e. The highest BCUT2D eigenvalue weighted by Gasteiger charge is 2.45. The Morgan fingerprint density at radius 1 is 1.23 bits per heavy atom. The highest BCUT2D eigenvalue weighted by Crippen LogP contribution is 2.45. The number of fused-ring (bicyclic) bond motifs is 1. The minimum atomic E-state index is -4.30. The SMILES string of the molecule is COc1ccnc(COP(=O)(O)/C=C/[C@H]2O[C@@H](n3cnc4c(NC(=O)c5ccccc5)ncnc43)[C@H](F)[C@@H]2O)c1. The van der Waals surface area contributed by atoms with E-state index in [1.807, 2.05) is 0 Å². The summed E-state index contributed by atoms with van der Waals surface area (Å²) in [5.41, 5.74) is 1.08. The van der Waals surface area contributed by atoms with Crippen LogP contribution in [0.5, 0.6) is 5.75 Å². The Morgan fingerprint density at radius 3 is 2.80 bits per heavy atom. The van der Waals surface area contributed by atoms with Crippen LogP contribution in [0.4, 0.5) is 10.2 Å². The van der Waals surface area contributed by atoms with Crippen molar-refractivity contribution in [3.8, 4) is 5.75 Å². The number of anilines is 1. The number of benzene rings is 1. The summed E-state index contributed by atoms with van der Waals surface area (Å²) in [6, 6.07) is 11.6. The van der Waals surface area contributed by atoms with Gasteiger partial charge in [0.25, 0.3) is 5.91 Å². The number of aliphatic hydroxyl groups is 1. The second-order valence-corrected chi connectivity index (χ2v) is 10.3. The molecule has 4 aromatic rings. The van der Waals surface area contributed by atoms with E-state index in [1.54, 1.807) is 42.5 Å². The summed E-state index contributed by atoms with van der Waals surface area (Å²) < 4.78 is 44.7. The van der Waals surface area contributed by atoms with Crippen LogP contribution in [0.3, 0.4) is 0 Å². The largest absolute Gasteiger partial charge is 0.497 e. The lowest BCUT2D eigenvalue weighted by molar-refractivity contribution is -0.00169. The molecule has 1 unspecified atom stereocenters. The van der Waals surface area contributed by atoms with Crippen LogP contribution in [0, 0.1) is 0 Å². The van der Waals surface area contributed by atoms with Crippen molar-refractivity contribution in [2.75, 3.05) is 12.4 Å². The number of methoxy groups -OCH3 is 1. The van der Waals surface area contributed by atoms with E-state index < -0.39 is 38.1 Å². The van der Waals surface area contributed by atoms with Crippen LogP contribution in [0.1, 0.15) is 22.3 Å². The first-order valence-electron chi connectivity index (χ1n) is 11.9. The van der Waals surface area contributed by atoms with Crippen LogP contribution >= 0.6 is 7.60 Å². The predicted octanol–water partition coefficient (Wildman–Crippen LogP) is 2.99. The molecule has 3 N–H and O–H groups in total. The van der Waals surface area contributed by atoms with E-state index in [1.165, 1.54) is 30.5 Å². The van der Waals surface area contributed by atoms with Gasteiger partial charge in [0.05, 0.1) is 25.7 Å². The van der Waals surface area contributed by atoms with Crippen molar-refractivity contribution >= 4 is 30.5 Å². The van der Waals surface area contributed by atoms with Gasteiger partial charge in [-0.2, -0.15) is 0 Å². The number of alkyl halides is 1. The molecule has 0 spiro atoms. The van der Waals surface area contributed by atoms with Crippen molar-refractivity contribution in [3.05, 3.63) is 84.5 Å². The Bertz CT molecular complexity index is 1590. The zero-order valence-electron chi connectivity index (χ0n) is 20.9. The molecule has 3 aromatic heterocycles. The molecule has 1 aliphatic rings. The number of halogens is 1. The number of amides is 1. The van der Waals surface area contributed by atoms with E-state index in [0.717, 1.165) is 11.9 Å². The van der Waals surface area contributed by atoms with Crippen molar-refractivity contribution in [1.29, 1.82) is 0 Å². The Kier molecular flexibility index (Phi) is 7.96. The molecule has 0 bridgehead atoms. The average Bonchev–Trinajstić information content (AvgIpc) is 3.52. The number of aromatic nitrogens is 5. The Balaban J connectivity index is 1.29. The van der Waals surface area contributed by atoms with Gasteiger partial charge in [-0.25, -0.2) is 19.3 Å². The van der Waals surface area contributed by atoms with Crippen LogP contribution in [-0.2, 0) is 20.4 Å². The quantitative estimate of drug-likeness (QED) is 0.253. The van der Waals surface area contributed by atoms with E-state index in [-0.39, 0.29) is 23.6 Å². The fraction of sp³-hybridized carbons (Fsp3) is 0.240. The van der Waals surface area contributed by atoms with E-state index in [4.69, 9.17) is 14.0 Å². The molecular weight excluding hydrogens is 546 g/mol. The predicted molar refractivity (Wildman–Crippen MR) is 139 cm³/mol. The van der Waals surface area contributed by atoms with Crippen molar-refractivity contribution in [2.24, 2.45) is 0 Å². The molecule has 4 heterocycles. The molecule has 208 valence electrons. The molecular formula is C25H24FN6O7P. The number of imidazole rings is 1. The number of aliphatic hydroxyl groups excluding tert-OH is 1. The van der Waals surface area contributed by atoms with Crippen molar-refractivity contribution < 1.29 is 37.7 Å². The van der Waals surface area contributed by atoms with E-state index in [0.29, 0.717) is 17.0 Å². The van der Waals surface area contributed by atoms with Gasteiger partial charge in [-0.05, 0) is 24.3 Å². The number of hydrogen-bond donors (Lipinski definition) is 3. The van der Waals surface area contributed by atoms with E-state index >= 15 is 4.39 Å². The number of rotatable bonds is 9. The molecule has 1 aromatic carbocycles. The lowest BCUT2D eigenvalue weighted by Crippen LogP contribution is -2.27. The van der Waals surface area contributed by atoms with Gasteiger partial charge in [0, 0.05) is 23.6 Å². The van der Waals surface area contributed by atoms with E-state index in [2.05, 4.69) is 25.3 Å². The highest BCUT2D eigenvalue weighted by molar-refractivity contribution is 7.56. The summed E-state index contributed by atoms with van der Waals surface area (Å²) in [7, 11) is -2.83. The second kappa shape index (κ2) is 11.6. The normalized spacial score (nSPS) is 22.4. The van der Waals surface area contributed by atoms with Crippen LogP contribution in [0.25, 0.3) is 11.2 Å². The molecule has 40 heavy (non-hydrogen) atoms. The van der Waals surface area contributed by atoms with Crippen molar-refractivity contribution in [2.45, 2.75) is 31.2 Å². The van der Waals surface area contributed by atoms with Gasteiger partial charge in [0.2, 0.25) is 0 Å². The first-order valence-corrected chi connectivity index (χ1v) is 13.6. The maximum atomic E-state index is 15.2. The summed E-state index contributed by atoms with van der Waals surface area (Å²) in [5, 5.41) is 13.1. The van der Waals surface area contributed by atoms with Crippen molar-refractivity contribution in [3.63, 3.8) is 0 Å². The Labute approximate surface area is 226 Å². The number of carbonyl (C=O) groups is 1. The fourth-order valence-corrected chi connectivity index (χ4v) is 4.79. The van der Waals surface area contributed by atoms with Crippen LogP contribution in [-0.4, -0.2) is 65.9 Å². The third kappa shape index (κ3) is 5.91. The van der Waals surface area contributed by atoms with Gasteiger partial charge in [-0.3, -0.25) is 23.4 Å². The second-order valence-electron chi connectivity index (χ2n) is 8.66. The van der Waals surface area contributed by atoms with Gasteiger partial charge < -0.3 is 24.8 Å². The molecule has 1 saturated heterocycles. The van der Waals surface area contributed by atoms with Gasteiger partial charge in [-0.15, -0.1) is 0 Å². The molecule has 15 heteroatoms. The number of nitrogens with zero attached hydrogens (tertiary/aromatic N) is 5. The maximum absolute atomic E-state index is 15.2. The van der Waals surface area contributed by atoms with Gasteiger partial charge in [0.15, 0.2) is 29.4 Å². The summed E-state index contributed by atoms with van der Waals surface area (Å²) in [6.45, 7) is -0.290. The Morgan fingerprint density at radius 2 is 2.02 bits per heavy atom. The number of ether oxygens (including phenoxy) is 2. The molecule has 13 nitrogen and oxygen atoms in total. The molecule has 0 aliphatic carbocycles. The average molecular weight is 570 g/mol. The first kappa shape index (κ1) is 27.5. The summed E-state index contributed by atoms with van der Waals surface area (Å²) in [5.74, 6) is 1.00. The third-order valence-corrected chi connectivity index (χ3v) is 7.07. The third-order valence-electron chi connectivity index (χ3n) is 6.02. The van der Waals surface area contributed by atoms with E-state index in [9.17, 15) is 19.4 Å². The maximum Gasteiger partial charge on any atom is 0.351 e. The molecule has 0 radical (unpaired) electrons. The monoisotopic (exact) mass is 570 g/mol. The molecule has 1 amide bonds. The molecule has 5 atom stereocenters. The number of carbonyl (C=O) groups excluding carboxylic acids is 1. The van der Waals surface area contributed by atoms with Gasteiger partial charge >= 0.3 is 7.60 Å². The molecule has 5 rings (SSSR count). The molecule has 1 aliphatic heterocycles. The zero-order chi connectivity index (χ0) is 28.3. The smallest absolute Gasteiger partial charge is 0.351 e. The fourth-order valence-electron chi connectivity index (χ4n) is 4.00. The number of nitrogens with one attached hydrogen (secondary N) is 1. The Hall–Kier alpha value is -4.07. The van der Waals surface area contributed by atoms with Gasteiger partial charge in [0.1, 0.15) is 24.3 Å². The van der Waals surface area contributed by atoms with Gasteiger partial charge in [-0.1, -0.05) is 18.2 Å². The summed E-state index contributed by atoms with van der Waals surface area (Å²) in [4.78, 5) is 39.2. The topological polar surface area (TPSA) is 171 Å². The number of pyridine rings is 1. The minimum absolute atomic E-state index is 0.104. The molecule has 0 saturated carbocycles.